The lowest BCUT2D eigenvalue weighted by Crippen LogP contribution is -2.41. The van der Waals surface area contributed by atoms with Crippen LogP contribution in [-0.2, 0) is 6.42 Å². The zero-order valence-corrected chi connectivity index (χ0v) is 14.4. The van der Waals surface area contributed by atoms with Crippen LogP contribution in [0.1, 0.15) is 49.3 Å². The van der Waals surface area contributed by atoms with E-state index in [1.807, 2.05) is 26.8 Å². The van der Waals surface area contributed by atoms with Crippen LogP contribution in [0.25, 0.3) is 0 Å². The number of nitrogens with zero attached hydrogens (tertiary/aromatic N) is 2. The number of aromatic nitrogens is 2. The molecule has 0 aliphatic rings. The Labute approximate surface area is 137 Å². The first-order chi connectivity index (χ1) is 10.8. The normalized spacial score (nSPS) is 11.2. The van der Waals surface area contributed by atoms with Gasteiger partial charge in [-0.05, 0) is 57.4 Å². The summed E-state index contributed by atoms with van der Waals surface area (Å²) in [6, 6.07) is 9.65. The summed E-state index contributed by atoms with van der Waals surface area (Å²) in [7, 11) is 0. The number of carbonyl (C=O) groups excluding carboxylic acids is 1. The number of aryl methyl sites for hydroxylation is 2. The van der Waals surface area contributed by atoms with E-state index in [9.17, 15) is 4.79 Å². The molecular weight excluding hydrogens is 288 g/mol. The van der Waals surface area contributed by atoms with Crippen LogP contribution in [0.15, 0.2) is 30.3 Å². The maximum Gasteiger partial charge on any atom is 0.272 e. The van der Waals surface area contributed by atoms with Crippen LogP contribution < -0.4 is 10.6 Å². The third-order valence-electron chi connectivity index (χ3n) is 3.38. The molecule has 0 spiro atoms. The van der Waals surface area contributed by atoms with Gasteiger partial charge in [0, 0.05) is 11.2 Å². The van der Waals surface area contributed by atoms with Crippen molar-refractivity contribution < 1.29 is 4.79 Å². The monoisotopic (exact) mass is 312 g/mol. The third kappa shape index (κ3) is 4.52. The van der Waals surface area contributed by atoms with E-state index >= 15 is 0 Å². The number of benzene rings is 1. The van der Waals surface area contributed by atoms with Gasteiger partial charge in [0.15, 0.2) is 11.5 Å². The van der Waals surface area contributed by atoms with Gasteiger partial charge < -0.3 is 10.6 Å². The lowest BCUT2D eigenvalue weighted by Gasteiger charge is -2.20. The van der Waals surface area contributed by atoms with Crippen molar-refractivity contribution in [3.63, 3.8) is 0 Å². The van der Waals surface area contributed by atoms with Crippen LogP contribution in [0.5, 0.6) is 0 Å². The van der Waals surface area contributed by atoms with E-state index < -0.39 is 0 Å². The molecule has 0 bridgehead atoms. The Hall–Kier alpha value is -2.43. The van der Waals surface area contributed by atoms with E-state index in [2.05, 4.69) is 46.8 Å². The molecular formula is C18H24N4O. The Morgan fingerprint density at radius 1 is 1.13 bits per heavy atom. The van der Waals surface area contributed by atoms with Gasteiger partial charge in [0.05, 0.1) is 0 Å². The molecule has 0 radical (unpaired) electrons. The molecule has 23 heavy (non-hydrogen) atoms. The van der Waals surface area contributed by atoms with E-state index in [1.54, 1.807) is 12.1 Å². The molecule has 2 aromatic rings. The van der Waals surface area contributed by atoms with Crippen molar-refractivity contribution in [1.29, 1.82) is 0 Å². The summed E-state index contributed by atoms with van der Waals surface area (Å²) in [5.41, 5.74) is 3.44. The molecule has 0 saturated heterocycles. The van der Waals surface area contributed by atoms with Gasteiger partial charge in [0.1, 0.15) is 0 Å². The molecule has 0 atom stereocenters. The number of nitrogens with one attached hydrogen (secondary N) is 2. The topological polar surface area (TPSA) is 66.9 Å². The minimum atomic E-state index is -0.299. The van der Waals surface area contributed by atoms with Gasteiger partial charge >= 0.3 is 0 Å². The molecule has 2 rings (SSSR count). The number of para-hydroxylation sites is 1. The average Bonchev–Trinajstić information content (AvgIpc) is 2.48. The quantitative estimate of drug-likeness (QED) is 0.905. The van der Waals surface area contributed by atoms with E-state index in [4.69, 9.17) is 0 Å². The number of hydrogen-bond acceptors (Lipinski definition) is 4. The van der Waals surface area contributed by atoms with Crippen LogP contribution in [0.3, 0.4) is 0 Å². The van der Waals surface area contributed by atoms with E-state index in [0.29, 0.717) is 11.5 Å². The summed E-state index contributed by atoms with van der Waals surface area (Å²) < 4.78 is 0. The number of rotatable bonds is 4. The summed E-state index contributed by atoms with van der Waals surface area (Å²) in [4.78, 5) is 12.1. The van der Waals surface area contributed by atoms with Crippen molar-refractivity contribution in [1.82, 2.24) is 15.5 Å². The molecule has 122 valence electrons. The smallest absolute Gasteiger partial charge is 0.272 e. The first-order valence-corrected chi connectivity index (χ1v) is 7.82. The van der Waals surface area contributed by atoms with Crippen LogP contribution in [-0.4, -0.2) is 21.6 Å². The number of hydrogen-bond donors (Lipinski definition) is 2. The van der Waals surface area contributed by atoms with Crippen LogP contribution in [0.4, 0.5) is 11.5 Å². The molecule has 0 aliphatic carbocycles. The Morgan fingerprint density at radius 3 is 2.43 bits per heavy atom. The van der Waals surface area contributed by atoms with Gasteiger partial charge in [-0.1, -0.05) is 25.1 Å². The second kappa shape index (κ2) is 6.77. The first-order valence-electron chi connectivity index (χ1n) is 7.82. The molecule has 1 heterocycles. The van der Waals surface area contributed by atoms with Crippen molar-refractivity contribution >= 4 is 17.4 Å². The summed E-state index contributed by atoms with van der Waals surface area (Å²) in [5.74, 6) is 0.406. The summed E-state index contributed by atoms with van der Waals surface area (Å²) in [6.45, 7) is 9.96. The van der Waals surface area contributed by atoms with Crippen LogP contribution in [0, 0.1) is 6.92 Å². The molecule has 0 aliphatic heterocycles. The van der Waals surface area contributed by atoms with Gasteiger partial charge in [-0.2, -0.15) is 0 Å². The highest BCUT2D eigenvalue weighted by atomic mass is 16.2. The van der Waals surface area contributed by atoms with Gasteiger partial charge in [0.25, 0.3) is 5.91 Å². The molecule has 2 N–H and O–H groups in total. The number of amides is 1. The van der Waals surface area contributed by atoms with Crippen molar-refractivity contribution in [2.24, 2.45) is 0 Å². The fraction of sp³-hybridized carbons (Fsp3) is 0.389. The Morgan fingerprint density at radius 2 is 1.87 bits per heavy atom. The molecule has 1 aromatic heterocycles. The van der Waals surface area contributed by atoms with Crippen molar-refractivity contribution in [2.45, 2.75) is 46.6 Å². The van der Waals surface area contributed by atoms with Gasteiger partial charge in [0.2, 0.25) is 0 Å². The zero-order valence-electron chi connectivity index (χ0n) is 14.4. The predicted molar refractivity (Wildman–Crippen MR) is 93.1 cm³/mol. The lowest BCUT2D eigenvalue weighted by molar-refractivity contribution is 0.0913. The van der Waals surface area contributed by atoms with E-state index in [-0.39, 0.29) is 11.4 Å². The SMILES string of the molecule is CCc1cccc(C)c1Nc1ccc(C(=O)NC(C)(C)C)nn1. The fourth-order valence-corrected chi connectivity index (χ4v) is 2.25. The fourth-order valence-electron chi connectivity index (χ4n) is 2.25. The summed E-state index contributed by atoms with van der Waals surface area (Å²) in [5, 5.41) is 14.3. The van der Waals surface area contributed by atoms with Crippen molar-refractivity contribution in [2.75, 3.05) is 5.32 Å². The molecule has 5 heteroatoms. The molecule has 0 saturated carbocycles. The second-order valence-corrected chi connectivity index (χ2v) is 6.60. The maximum atomic E-state index is 12.1. The van der Waals surface area contributed by atoms with Crippen molar-refractivity contribution in [3.8, 4) is 0 Å². The molecule has 0 unspecified atom stereocenters. The zero-order chi connectivity index (χ0) is 17.0. The highest BCUT2D eigenvalue weighted by Crippen LogP contribution is 2.24. The third-order valence-corrected chi connectivity index (χ3v) is 3.38. The molecule has 5 nitrogen and oxygen atoms in total. The highest BCUT2D eigenvalue weighted by Gasteiger charge is 2.16. The average molecular weight is 312 g/mol. The van der Waals surface area contributed by atoms with Gasteiger partial charge in [-0.15, -0.1) is 10.2 Å². The largest absolute Gasteiger partial charge is 0.346 e. The lowest BCUT2D eigenvalue weighted by atomic mass is 10.1. The van der Waals surface area contributed by atoms with Crippen LogP contribution >= 0.6 is 0 Å². The predicted octanol–water partition coefficient (Wildman–Crippen LogP) is 3.62. The van der Waals surface area contributed by atoms with E-state index in [1.165, 1.54) is 5.56 Å². The Bertz CT molecular complexity index is 687. The van der Waals surface area contributed by atoms with Crippen molar-refractivity contribution in [3.05, 3.63) is 47.2 Å². The molecule has 1 amide bonds. The number of carbonyl (C=O) groups is 1. The molecule has 0 fully saturated rings. The number of anilines is 2. The summed E-state index contributed by atoms with van der Waals surface area (Å²) >= 11 is 0. The first kappa shape index (κ1) is 16.9. The standard InChI is InChI=1S/C18H24N4O/c1-6-13-9-7-8-12(2)16(13)19-15-11-10-14(21-22-15)17(23)20-18(3,4)5/h7-11H,6H2,1-5H3,(H,19,22)(H,20,23). The Kier molecular flexibility index (Phi) is 4.98. The van der Waals surface area contributed by atoms with Crippen LogP contribution in [0.2, 0.25) is 0 Å². The minimum absolute atomic E-state index is 0.221. The minimum Gasteiger partial charge on any atom is -0.346 e. The maximum absolute atomic E-state index is 12.1. The highest BCUT2D eigenvalue weighted by molar-refractivity contribution is 5.92. The van der Waals surface area contributed by atoms with Gasteiger partial charge in [-0.25, -0.2) is 0 Å². The van der Waals surface area contributed by atoms with Gasteiger partial charge in [-0.3, -0.25) is 4.79 Å². The summed E-state index contributed by atoms with van der Waals surface area (Å²) in [6.07, 6.45) is 0.934. The Balaban J connectivity index is 2.17. The van der Waals surface area contributed by atoms with E-state index in [0.717, 1.165) is 17.7 Å². The second-order valence-electron chi connectivity index (χ2n) is 6.60. The molecule has 1 aromatic carbocycles.